The van der Waals surface area contributed by atoms with E-state index in [1.807, 2.05) is 6.07 Å². The third-order valence-corrected chi connectivity index (χ3v) is 4.09. The minimum absolute atomic E-state index is 0.000880. The lowest BCUT2D eigenvalue weighted by molar-refractivity contribution is -0.115. The second-order valence-electron chi connectivity index (χ2n) is 5.68. The molecule has 1 aromatic carbocycles. The van der Waals surface area contributed by atoms with Gasteiger partial charge in [-0.25, -0.2) is 4.68 Å². The van der Waals surface area contributed by atoms with Gasteiger partial charge in [-0.1, -0.05) is 0 Å². The number of hydrogen-bond acceptors (Lipinski definition) is 5. The van der Waals surface area contributed by atoms with E-state index in [1.54, 1.807) is 32.0 Å². The maximum atomic E-state index is 12.5. The zero-order valence-electron chi connectivity index (χ0n) is 13.2. The van der Waals surface area contributed by atoms with Crippen LogP contribution in [0.3, 0.4) is 0 Å². The highest BCUT2D eigenvalue weighted by Gasteiger charge is 2.20. The van der Waals surface area contributed by atoms with Crippen molar-refractivity contribution < 1.29 is 9.59 Å². The molecular formula is C17H14N4O3. The van der Waals surface area contributed by atoms with E-state index in [0.29, 0.717) is 22.5 Å². The molecule has 0 fully saturated rings. The fourth-order valence-corrected chi connectivity index (χ4v) is 2.64. The van der Waals surface area contributed by atoms with Crippen LogP contribution in [0, 0.1) is 25.2 Å². The van der Waals surface area contributed by atoms with Crippen LogP contribution in [-0.4, -0.2) is 21.5 Å². The van der Waals surface area contributed by atoms with Crippen molar-refractivity contribution in [3.63, 3.8) is 0 Å². The molecule has 2 aromatic rings. The molecule has 7 heteroatoms. The van der Waals surface area contributed by atoms with Gasteiger partial charge in [0.2, 0.25) is 5.91 Å². The summed E-state index contributed by atoms with van der Waals surface area (Å²) < 4.78 is 1.01. The van der Waals surface area contributed by atoms with Crippen LogP contribution in [0.4, 0.5) is 5.69 Å². The number of nitrogens with one attached hydrogen (secondary N) is 1. The average Bonchev–Trinajstić information content (AvgIpc) is 2.92. The van der Waals surface area contributed by atoms with Crippen molar-refractivity contribution in [2.75, 3.05) is 5.32 Å². The molecule has 0 spiro atoms. The maximum Gasteiger partial charge on any atom is 0.285 e. The lowest BCUT2D eigenvalue weighted by Gasteiger charge is -2.09. The Hall–Kier alpha value is -3.27. The van der Waals surface area contributed by atoms with Crippen LogP contribution in [0.1, 0.15) is 32.7 Å². The van der Waals surface area contributed by atoms with E-state index in [1.165, 1.54) is 0 Å². The summed E-state index contributed by atoms with van der Waals surface area (Å²) in [6, 6.07) is 6.78. The number of amides is 1. The van der Waals surface area contributed by atoms with E-state index in [0.717, 1.165) is 10.2 Å². The van der Waals surface area contributed by atoms with Crippen LogP contribution in [0.2, 0.25) is 0 Å². The number of Topliss-reactive ketones (excluding diaryl/α,β-unsaturated/α-hetero) is 1. The number of aromatic nitrogens is 2. The van der Waals surface area contributed by atoms with Gasteiger partial charge in [-0.3, -0.25) is 14.4 Å². The molecule has 0 bridgehead atoms. The molecular weight excluding hydrogens is 308 g/mol. The number of fused-ring (bicyclic) bond motifs is 1. The zero-order chi connectivity index (χ0) is 17.4. The second-order valence-corrected chi connectivity index (χ2v) is 5.68. The molecule has 1 amide bonds. The number of rotatable bonds is 3. The van der Waals surface area contributed by atoms with Gasteiger partial charge in [0.05, 0.1) is 12.1 Å². The smallest absolute Gasteiger partial charge is 0.285 e. The van der Waals surface area contributed by atoms with Gasteiger partial charge in [-0.15, -0.1) is 0 Å². The molecule has 1 aliphatic rings. The Labute approximate surface area is 137 Å². The highest BCUT2D eigenvalue weighted by Crippen LogP contribution is 2.24. The number of nitrogens with zero attached hydrogens (tertiary/aromatic N) is 3. The van der Waals surface area contributed by atoms with E-state index >= 15 is 0 Å². The second kappa shape index (κ2) is 5.74. The number of hydrogen-bond donors (Lipinski definition) is 1. The molecule has 1 aliphatic heterocycles. The molecule has 0 saturated carbocycles. The molecule has 0 aliphatic carbocycles. The Morgan fingerprint density at radius 3 is 2.83 bits per heavy atom. The summed E-state index contributed by atoms with van der Waals surface area (Å²) in [4.78, 5) is 36.1. The summed E-state index contributed by atoms with van der Waals surface area (Å²) in [6.45, 7) is 3.08. The lowest BCUT2D eigenvalue weighted by atomic mass is 10.0. The van der Waals surface area contributed by atoms with Crippen LogP contribution >= 0.6 is 0 Å². The lowest BCUT2D eigenvalue weighted by Crippen LogP contribution is -2.30. The first kappa shape index (κ1) is 15.6. The molecule has 7 nitrogen and oxygen atoms in total. The standard InChI is InChI=1S/C17H14N4O3/c1-9-10(2)20-21(17(24)13(9)7-18)8-15(22)11-3-4-14-12(5-11)6-16(23)19-14/h3-5H,6,8H2,1-2H3,(H,19,23). The van der Waals surface area contributed by atoms with Crippen molar-refractivity contribution in [3.05, 3.63) is 56.5 Å². The van der Waals surface area contributed by atoms with Crippen molar-refractivity contribution in [2.24, 2.45) is 0 Å². The number of benzene rings is 1. The van der Waals surface area contributed by atoms with Crippen molar-refractivity contribution in [1.82, 2.24) is 9.78 Å². The number of nitriles is 1. The predicted molar refractivity (Wildman–Crippen MR) is 85.8 cm³/mol. The molecule has 1 aromatic heterocycles. The first-order valence-electron chi connectivity index (χ1n) is 7.35. The number of ketones is 1. The van der Waals surface area contributed by atoms with E-state index in [-0.39, 0.29) is 30.2 Å². The molecule has 0 saturated heterocycles. The van der Waals surface area contributed by atoms with Crippen LogP contribution in [0.5, 0.6) is 0 Å². The molecule has 120 valence electrons. The molecule has 0 atom stereocenters. The van der Waals surface area contributed by atoms with Gasteiger partial charge in [-0.2, -0.15) is 10.4 Å². The topological polar surface area (TPSA) is 105 Å². The Morgan fingerprint density at radius 1 is 1.38 bits per heavy atom. The molecule has 24 heavy (non-hydrogen) atoms. The first-order valence-corrected chi connectivity index (χ1v) is 7.35. The third-order valence-electron chi connectivity index (χ3n) is 4.09. The maximum absolute atomic E-state index is 12.5. The summed E-state index contributed by atoms with van der Waals surface area (Å²) in [5, 5.41) is 15.9. The first-order chi connectivity index (χ1) is 11.4. The summed E-state index contributed by atoms with van der Waals surface area (Å²) in [7, 11) is 0. The molecule has 0 radical (unpaired) electrons. The Bertz CT molecular complexity index is 983. The third kappa shape index (κ3) is 2.58. The van der Waals surface area contributed by atoms with Crippen LogP contribution in [0.25, 0.3) is 0 Å². The summed E-state index contributed by atoms with van der Waals surface area (Å²) in [5.41, 5.74) is 2.33. The largest absolute Gasteiger partial charge is 0.326 e. The van der Waals surface area contributed by atoms with Crippen molar-refractivity contribution in [2.45, 2.75) is 26.8 Å². The minimum Gasteiger partial charge on any atom is -0.326 e. The quantitative estimate of drug-likeness (QED) is 0.852. The highest BCUT2D eigenvalue weighted by atomic mass is 16.2. The van der Waals surface area contributed by atoms with Gasteiger partial charge in [-0.05, 0) is 43.2 Å². The molecule has 1 N–H and O–H groups in total. The Balaban J connectivity index is 1.93. The van der Waals surface area contributed by atoms with E-state index < -0.39 is 5.56 Å². The van der Waals surface area contributed by atoms with Gasteiger partial charge >= 0.3 is 0 Å². The summed E-state index contributed by atoms with van der Waals surface area (Å²) >= 11 is 0. The minimum atomic E-state index is -0.577. The van der Waals surface area contributed by atoms with Gasteiger partial charge in [0.15, 0.2) is 5.78 Å². The van der Waals surface area contributed by atoms with Gasteiger partial charge in [0.1, 0.15) is 18.2 Å². The van der Waals surface area contributed by atoms with E-state index in [4.69, 9.17) is 5.26 Å². The normalized spacial score (nSPS) is 12.5. The van der Waals surface area contributed by atoms with Crippen molar-refractivity contribution in [3.8, 4) is 6.07 Å². The van der Waals surface area contributed by atoms with Crippen LogP contribution in [-0.2, 0) is 17.8 Å². The number of aryl methyl sites for hydroxylation is 1. The Morgan fingerprint density at radius 2 is 2.12 bits per heavy atom. The predicted octanol–water partition coefficient (Wildman–Crippen LogP) is 1.11. The molecule has 3 rings (SSSR count). The van der Waals surface area contributed by atoms with Gasteiger partial charge < -0.3 is 5.32 Å². The molecule has 2 heterocycles. The fraction of sp³-hybridized carbons (Fsp3) is 0.235. The van der Waals surface area contributed by atoms with Crippen LogP contribution in [0.15, 0.2) is 23.0 Å². The van der Waals surface area contributed by atoms with E-state index in [2.05, 4.69) is 10.4 Å². The van der Waals surface area contributed by atoms with Gasteiger partial charge in [0.25, 0.3) is 5.56 Å². The number of carbonyl (C=O) groups excluding carboxylic acids is 2. The van der Waals surface area contributed by atoms with Crippen LogP contribution < -0.4 is 10.9 Å². The highest BCUT2D eigenvalue weighted by molar-refractivity contribution is 6.02. The van der Waals surface area contributed by atoms with Gasteiger partial charge in [0, 0.05) is 11.3 Å². The summed E-state index contributed by atoms with van der Waals surface area (Å²) in [6.07, 6.45) is 0.233. The van der Waals surface area contributed by atoms with Crippen molar-refractivity contribution >= 4 is 17.4 Å². The monoisotopic (exact) mass is 322 g/mol. The number of anilines is 1. The fourth-order valence-electron chi connectivity index (χ4n) is 2.64. The van der Waals surface area contributed by atoms with Crippen molar-refractivity contribution in [1.29, 1.82) is 5.26 Å². The SMILES string of the molecule is Cc1nn(CC(=O)c2ccc3c(c2)CC(=O)N3)c(=O)c(C#N)c1C. The summed E-state index contributed by atoms with van der Waals surface area (Å²) in [5.74, 6) is -0.417. The molecule has 0 unspecified atom stereocenters. The number of carbonyl (C=O) groups is 2. The Kier molecular flexibility index (Phi) is 3.73. The van der Waals surface area contributed by atoms with E-state index in [9.17, 15) is 14.4 Å². The zero-order valence-corrected chi connectivity index (χ0v) is 13.2. The average molecular weight is 322 g/mol.